The van der Waals surface area contributed by atoms with Gasteiger partial charge in [0.15, 0.2) is 0 Å². The van der Waals surface area contributed by atoms with Gasteiger partial charge in [0.1, 0.15) is 0 Å². The number of benzene rings is 1. The van der Waals surface area contributed by atoms with Crippen molar-refractivity contribution in [1.82, 2.24) is 0 Å². The SMILES string of the molecule is CCC(CC(=O)O)c1c(C)cc(C)cc1C. The van der Waals surface area contributed by atoms with E-state index in [4.69, 9.17) is 5.11 Å². The fourth-order valence-electron chi connectivity index (χ4n) is 2.50. The third kappa shape index (κ3) is 2.84. The van der Waals surface area contributed by atoms with Crippen molar-refractivity contribution < 1.29 is 9.90 Å². The van der Waals surface area contributed by atoms with Crippen LogP contribution in [-0.4, -0.2) is 11.1 Å². The summed E-state index contributed by atoms with van der Waals surface area (Å²) in [6, 6.07) is 4.26. The summed E-state index contributed by atoms with van der Waals surface area (Å²) in [7, 11) is 0. The maximum absolute atomic E-state index is 10.8. The zero-order valence-corrected chi connectivity index (χ0v) is 10.5. The third-order valence-electron chi connectivity index (χ3n) is 3.06. The van der Waals surface area contributed by atoms with E-state index in [1.54, 1.807) is 0 Å². The third-order valence-corrected chi connectivity index (χ3v) is 3.06. The van der Waals surface area contributed by atoms with Crippen molar-refractivity contribution in [2.45, 2.75) is 46.5 Å². The minimum atomic E-state index is -0.716. The molecule has 1 rings (SSSR count). The van der Waals surface area contributed by atoms with Crippen LogP contribution in [0.25, 0.3) is 0 Å². The Balaban J connectivity index is 3.14. The molecule has 0 saturated carbocycles. The van der Waals surface area contributed by atoms with E-state index < -0.39 is 5.97 Å². The smallest absolute Gasteiger partial charge is 0.303 e. The molecule has 2 nitrogen and oxygen atoms in total. The van der Waals surface area contributed by atoms with Gasteiger partial charge in [-0.2, -0.15) is 0 Å². The highest BCUT2D eigenvalue weighted by Crippen LogP contribution is 2.30. The fraction of sp³-hybridized carbons (Fsp3) is 0.500. The summed E-state index contributed by atoms with van der Waals surface area (Å²) in [5.41, 5.74) is 4.88. The Hall–Kier alpha value is -1.31. The monoisotopic (exact) mass is 220 g/mol. The topological polar surface area (TPSA) is 37.3 Å². The van der Waals surface area contributed by atoms with E-state index in [9.17, 15) is 4.79 Å². The van der Waals surface area contributed by atoms with Gasteiger partial charge in [0.25, 0.3) is 0 Å². The van der Waals surface area contributed by atoms with Crippen LogP contribution in [0.1, 0.15) is 47.9 Å². The molecule has 1 aromatic carbocycles. The van der Waals surface area contributed by atoms with Gasteiger partial charge in [-0.15, -0.1) is 0 Å². The number of carboxylic acid groups (broad SMARTS) is 1. The van der Waals surface area contributed by atoms with Gasteiger partial charge in [0.05, 0.1) is 6.42 Å². The lowest BCUT2D eigenvalue weighted by atomic mass is 9.86. The summed E-state index contributed by atoms with van der Waals surface area (Å²) in [5.74, 6) is -0.579. The number of rotatable bonds is 4. The molecule has 1 atom stereocenters. The summed E-state index contributed by atoms with van der Waals surface area (Å²) in [6.45, 7) is 8.26. The van der Waals surface area contributed by atoms with Crippen molar-refractivity contribution in [3.63, 3.8) is 0 Å². The van der Waals surface area contributed by atoms with Crippen LogP contribution in [0, 0.1) is 20.8 Å². The van der Waals surface area contributed by atoms with Crippen molar-refractivity contribution in [2.24, 2.45) is 0 Å². The first kappa shape index (κ1) is 12.8. The lowest BCUT2D eigenvalue weighted by molar-refractivity contribution is -0.137. The molecular formula is C14H20O2. The van der Waals surface area contributed by atoms with Crippen LogP contribution in [0.15, 0.2) is 12.1 Å². The number of hydrogen-bond donors (Lipinski definition) is 1. The molecule has 0 aliphatic carbocycles. The molecule has 0 aliphatic rings. The van der Waals surface area contributed by atoms with E-state index >= 15 is 0 Å². The van der Waals surface area contributed by atoms with Gasteiger partial charge in [0, 0.05) is 0 Å². The largest absolute Gasteiger partial charge is 0.481 e. The van der Waals surface area contributed by atoms with Crippen LogP contribution in [-0.2, 0) is 4.79 Å². The second-order valence-electron chi connectivity index (χ2n) is 4.52. The Kier molecular flexibility index (Phi) is 4.11. The molecule has 1 N–H and O–H groups in total. The Morgan fingerprint density at radius 1 is 1.25 bits per heavy atom. The quantitative estimate of drug-likeness (QED) is 0.842. The van der Waals surface area contributed by atoms with Gasteiger partial charge in [-0.05, 0) is 49.8 Å². The zero-order valence-electron chi connectivity index (χ0n) is 10.5. The van der Waals surface area contributed by atoms with Crippen molar-refractivity contribution in [2.75, 3.05) is 0 Å². The van der Waals surface area contributed by atoms with E-state index in [0.29, 0.717) is 0 Å². The maximum atomic E-state index is 10.8. The first-order valence-corrected chi connectivity index (χ1v) is 5.75. The Bertz CT molecular complexity index is 371. The molecule has 0 spiro atoms. The summed E-state index contributed by atoms with van der Waals surface area (Å²) >= 11 is 0. The van der Waals surface area contributed by atoms with E-state index in [1.807, 2.05) is 6.92 Å². The molecule has 0 radical (unpaired) electrons. The fourth-order valence-corrected chi connectivity index (χ4v) is 2.50. The van der Waals surface area contributed by atoms with Crippen LogP contribution in [0.2, 0.25) is 0 Å². The zero-order chi connectivity index (χ0) is 12.3. The molecule has 2 heteroatoms. The summed E-state index contributed by atoms with van der Waals surface area (Å²) in [6.07, 6.45) is 1.10. The molecule has 1 aromatic rings. The van der Waals surface area contributed by atoms with E-state index in [0.717, 1.165) is 6.42 Å². The molecule has 0 saturated heterocycles. The van der Waals surface area contributed by atoms with Gasteiger partial charge in [-0.25, -0.2) is 0 Å². The van der Waals surface area contributed by atoms with Crippen LogP contribution in [0.3, 0.4) is 0 Å². The average Bonchev–Trinajstić information content (AvgIpc) is 2.13. The minimum Gasteiger partial charge on any atom is -0.481 e. The normalized spacial score (nSPS) is 12.5. The van der Waals surface area contributed by atoms with E-state index in [1.165, 1.54) is 22.3 Å². The van der Waals surface area contributed by atoms with Crippen molar-refractivity contribution >= 4 is 5.97 Å². The number of carboxylic acids is 1. The van der Waals surface area contributed by atoms with Crippen molar-refractivity contribution in [1.29, 1.82) is 0 Å². The molecule has 0 bridgehead atoms. The van der Waals surface area contributed by atoms with Gasteiger partial charge >= 0.3 is 5.97 Å². The highest BCUT2D eigenvalue weighted by atomic mass is 16.4. The second kappa shape index (κ2) is 5.15. The van der Waals surface area contributed by atoms with Gasteiger partial charge in [0.2, 0.25) is 0 Å². The van der Waals surface area contributed by atoms with E-state index in [-0.39, 0.29) is 12.3 Å². The molecule has 16 heavy (non-hydrogen) atoms. The lowest BCUT2D eigenvalue weighted by Gasteiger charge is -2.19. The predicted molar refractivity (Wildman–Crippen MR) is 65.9 cm³/mol. The molecule has 0 heterocycles. The van der Waals surface area contributed by atoms with Crippen LogP contribution in [0.4, 0.5) is 0 Å². The Morgan fingerprint density at radius 2 is 1.75 bits per heavy atom. The Morgan fingerprint density at radius 3 is 2.12 bits per heavy atom. The molecular weight excluding hydrogens is 200 g/mol. The van der Waals surface area contributed by atoms with Crippen molar-refractivity contribution in [3.8, 4) is 0 Å². The molecule has 88 valence electrons. The first-order valence-electron chi connectivity index (χ1n) is 5.75. The molecule has 0 fully saturated rings. The van der Waals surface area contributed by atoms with E-state index in [2.05, 4.69) is 32.9 Å². The summed E-state index contributed by atoms with van der Waals surface area (Å²) < 4.78 is 0. The molecule has 0 amide bonds. The van der Waals surface area contributed by atoms with Crippen molar-refractivity contribution in [3.05, 3.63) is 34.4 Å². The number of hydrogen-bond acceptors (Lipinski definition) is 1. The summed E-state index contributed by atoms with van der Waals surface area (Å²) in [5, 5.41) is 8.91. The predicted octanol–water partition coefficient (Wildman–Crippen LogP) is 3.58. The Labute approximate surface area is 97.3 Å². The molecule has 0 aliphatic heterocycles. The number of carbonyl (C=O) groups is 1. The first-order chi connectivity index (χ1) is 7.45. The maximum Gasteiger partial charge on any atom is 0.303 e. The number of aryl methyl sites for hydroxylation is 3. The van der Waals surface area contributed by atoms with Crippen LogP contribution >= 0.6 is 0 Å². The van der Waals surface area contributed by atoms with Gasteiger partial charge in [-0.1, -0.05) is 24.6 Å². The average molecular weight is 220 g/mol. The minimum absolute atomic E-state index is 0.137. The van der Waals surface area contributed by atoms with Crippen LogP contribution in [0.5, 0.6) is 0 Å². The standard InChI is InChI=1S/C14H20O2/c1-5-12(8-13(15)16)14-10(3)6-9(2)7-11(14)4/h6-7,12H,5,8H2,1-4H3,(H,15,16). The number of aliphatic carboxylic acids is 1. The lowest BCUT2D eigenvalue weighted by Crippen LogP contribution is -2.09. The summed E-state index contributed by atoms with van der Waals surface area (Å²) in [4.78, 5) is 10.8. The highest BCUT2D eigenvalue weighted by molar-refractivity contribution is 5.68. The highest BCUT2D eigenvalue weighted by Gasteiger charge is 2.17. The molecule has 0 aromatic heterocycles. The van der Waals surface area contributed by atoms with Gasteiger partial charge in [-0.3, -0.25) is 4.79 Å². The molecule has 1 unspecified atom stereocenters. The van der Waals surface area contributed by atoms with Crippen LogP contribution < -0.4 is 0 Å². The van der Waals surface area contributed by atoms with Gasteiger partial charge < -0.3 is 5.11 Å². The second-order valence-corrected chi connectivity index (χ2v) is 4.52.